The van der Waals surface area contributed by atoms with Gasteiger partial charge in [-0.1, -0.05) is 12.8 Å². The van der Waals surface area contributed by atoms with Gasteiger partial charge in [-0.25, -0.2) is 0 Å². The molecule has 1 N–H and O–H groups in total. The minimum absolute atomic E-state index is 0.0238. The second-order valence-electron chi connectivity index (χ2n) is 4.61. The lowest BCUT2D eigenvalue weighted by atomic mass is 10.2. The Hall–Kier alpha value is -1.23. The lowest BCUT2D eigenvalue weighted by molar-refractivity contribution is -0.645. The Morgan fingerprint density at radius 2 is 2.22 bits per heavy atom. The Labute approximate surface area is 111 Å². The Balaban J connectivity index is 1.89. The Kier molecular flexibility index (Phi) is 4.47. The highest BCUT2D eigenvalue weighted by molar-refractivity contribution is 8.00. The summed E-state index contributed by atoms with van der Waals surface area (Å²) in [5.41, 5.74) is 0. The van der Waals surface area contributed by atoms with Crippen molar-refractivity contribution in [2.45, 2.75) is 48.9 Å². The summed E-state index contributed by atoms with van der Waals surface area (Å²) in [7, 11) is 0. The van der Waals surface area contributed by atoms with Crippen LogP contribution in [-0.4, -0.2) is 17.2 Å². The lowest BCUT2D eigenvalue weighted by Crippen LogP contribution is -2.38. The average Bonchev–Trinajstić information content (AvgIpc) is 2.84. The van der Waals surface area contributed by atoms with Gasteiger partial charge < -0.3 is 10.5 Å². The fourth-order valence-corrected chi connectivity index (χ4v) is 2.99. The summed E-state index contributed by atoms with van der Waals surface area (Å²) in [5, 5.41) is 14.9. The maximum Gasteiger partial charge on any atom is 0.252 e. The number of carbonyl (C=O) groups is 1. The standard InChI is InChI=1S/C13H18N2O2S/c1-10(13(16)14-11-6-2-3-7-11)18-12-8-4-5-9-15(12)17/h4-5,8-11H,2-3,6-7H2,1H3,(H,14,16)/t10-/m0/s1. The monoisotopic (exact) mass is 266 g/mol. The molecule has 0 aliphatic heterocycles. The molecule has 0 radical (unpaired) electrons. The first kappa shape index (κ1) is 13.2. The molecule has 1 aromatic heterocycles. The highest BCUT2D eigenvalue weighted by atomic mass is 32.2. The quantitative estimate of drug-likeness (QED) is 0.514. The predicted octanol–water partition coefficient (Wildman–Crippen LogP) is 1.86. The number of nitrogens with one attached hydrogen (secondary N) is 1. The molecule has 5 heteroatoms. The van der Waals surface area contributed by atoms with Crippen molar-refractivity contribution in [3.05, 3.63) is 29.6 Å². The van der Waals surface area contributed by atoms with Crippen molar-refractivity contribution in [2.75, 3.05) is 0 Å². The number of nitrogens with zero attached hydrogens (tertiary/aromatic N) is 1. The van der Waals surface area contributed by atoms with E-state index in [9.17, 15) is 10.0 Å². The SMILES string of the molecule is C[C@H](Sc1cccc[n+]1[O-])C(=O)NC1CCCC1. The summed E-state index contributed by atoms with van der Waals surface area (Å²) >= 11 is 1.30. The van der Waals surface area contributed by atoms with E-state index in [0.717, 1.165) is 17.6 Å². The van der Waals surface area contributed by atoms with Gasteiger partial charge in [-0.05, 0) is 37.6 Å². The smallest absolute Gasteiger partial charge is 0.252 e. The highest BCUT2D eigenvalue weighted by Gasteiger charge is 2.23. The number of carbonyl (C=O) groups excluding carboxylic acids is 1. The lowest BCUT2D eigenvalue weighted by Gasteiger charge is -2.15. The van der Waals surface area contributed by atoms with Gasteiger partial charge in [0.1, 0.15) is 0 Å². The zero-order valence-electron chi connectivity index (χ0n) is 10.5. The van der Waals surface area contributed by atoms with Crippen molar-refractivity contribution in [1.29, 1.82) is 0 Å². The molecule has 18 heavy (non-hydrogen) atoms. The van der Waals surface area contributed by atoms with Crippen molar-refractivity contribution in [3.63, 3.8) is 0 Å². The van der Waals surface area contributed by atoms with E-state index < -0.39 is 0 Å². The van der Waals surface area contributed by atoms with Gasteiger partial charge in [0.15, 0.2) is 6.20 Å². The summed E-state index contributed by atoms with van der Waals surface area (Å²) in [6.07, 6.45) is 6.01. The molecule has 1 amide bonds. The van der Waals surface area contributed by atoms with Crippen LogP contribution in [0.3, 0.4) is 0 Å². The van der Waals surface area contributed by atoms with Gasteiger partial charge in [0.05, 0.1) is 5.25 Å². The zero-order chi connectivity index (χ0) is 13.0. The number of aromatic nitrogens is 1. The van der Waals surface area contributed by atoms with Gasteiger partial charge in [0.25, 0.3) is 5.03 Å². The molecule has 1 aromatic rings. The molecule has 1 aliphatic carbocycles. The molecular formula is C13H18N2O2S. The molecule has 0 saturated heterocycles. The van der Waals surface area contributed by atoms with Crippen LogP contribution in [0.2, 0.25) is 0 Å². The number of thioether (sulfide) groups is 1. The fraction of sp³-hybridized carbons (Fsp3) is 0.538. The van der Waals surface area contributed by atoms with Crippen LogP contribution in [0, 0.1) is 5.21 Å². The van der Waals surface area contributed by atoms with Crippen molar-refractivity contribution in [3.8, 4) is 0 Å². The van der Waals surface area contributed by atoms with Gasteiger partial charge in [-0.3, -0.25) is 4.79 Å². The summed E-state index contributed by atoms with van der Waals surface area (Å²) in [4.78, 5) is 12.0. The van der Waals surface area contributed by atoms with E-state index in [0.29, 0.717) is 11.1 Å². The van der Waals surface area contributed by atoms with Gasteiger partial charge in [0.2, 0.25) is 5.91 Å². The molecule has 0 spiro atoms. The van der Waals surface area contributed by atoms with Crippen LogP contribution in [0.1, 0.15) is 32.6 Å². The number of rotatable bonds is 4. The summed E-state index contributed by atoms with van der Waals surface area (Å²) in [6, 6.07) is 5.55. The third-order valence-electron chi connectivity index (χ3n) is 3.16. The van der Waals surface area contributed by atoms with E-state index >= 15 is 0 Å². The second kappa shape index (κ2) is 6.09. The number of hydrogen-bond acceptors (Lipinski definition) is 3. The van der Waals surface area contributed by atoms with E-state index in [1.54, 1.807) is 18.2 Å². The maximum absolute atomic E-state index is 12.0. The fourth-order valence-electron chi connectivity index (χ4n) is 2.13. The number of pyridine rings is 1. The summed E-state index contributed by atoms with van der Waals surface area (Å²) < 4.78 is 0.796. The summed E-state index contributed by atoms with van der Waals surface area (Å²) in [6.45, 7) is 1.84. The predicted molar refractivity (Wildman–Crippen MR) is 71.1 cm³/mol. The molecule has 1 fully saturated rings. The van der Waals surface area contributed by atoms with Crippen LogP contribution in [0.25, 0.3) is 0 Å². The third kappa shape index (κ3) is 3.38. The first-order chi connectivity index (χ1) is 8.66. The largest absolute Gasteiger partial charge is 0.618 e. The van der Waals surface area contributed by atoms with E-state index in [2.05, 4.69) is 5.32 Å². The second-order valence-corrected chi connectivity index (χ2v) is 5.98. The normalized spacial score (nSPS) is 17.6. The molecule has 2 rings (SSSR count). The van der Waals surface area contributed by atoms with Crippen molar-refractivity contribution < 1.29 is 9.52 Å². The van der Waals surface area contributed by atoms with Crippen molar-refractivity contribution in [2.24, 2.45) is 0 Å². The van der Waals surface area contributed by atoms with Crippen LogP contribution < -0.4 is 10.0 Å². The van der Waals surface area contributed by atoms with E-state index in [4.69, 9.17) is 0 Å². The Bertz CT molecular complexity index is 419. The number of hydrogen-bond donors (Lipinski definition) is 1. The topological polar surface area (TPSA) is 56.0 Å². The molecule has 98 valence electrons. The minimum atomic E-state index is -0.242. The van der Waals surface area contributed by atoms with E-state index in [-0.39, 0.29) is 11.2 Å². The van der Waals surface area contributed by atoms with Gasteiger partial charge in [-0.15, -0.1) is 0 Å². The van der Waals surface area contributed by atoms with Crippen molar-refractivity contribution in [1.82, 2.24) is 5.32 Å². The van der Waals surface area contributed by atoms with E-state index in [1.165, 1.54) is 30.8 Å². The van der Waals surface area contributed by atoms with Gasteiger partial charge >= 0.3 is 0 Å². The first-order valence-electron chi connectivity index (χ1n) is 6.32. The summed E-state index contributed by atoms with van der Waals surface area (Å²) in [5.74, 6) is 0.0238. The molecule has 1 atom stereocenters. The number of amides is 1. The highest BCUT2D eigenvalue weighted by Crippen LogP contribution is 2.22. The van der Waals surface area contributed by atoms with Gasteiger partial charge in [-0.2, -0.15) is 4.73 Å². The van der Waals surface area contributed by atoms with Crippen LogP contribution in [-0.2, 0) is 4.79 Å². The molecule has 0 aromatic carbocycles. The average molecular weight is 266 g/mol. The van der Waals surface area contributed by atoms with Crippen LogP contribution in [0.15, 0.2) is 29.4 Å². The molecule has 4 nitrogen and oxygen atoms in total. The molecule has 1 saturated carbocycles. The minimum Gasteiger partial charge on any atom is -0.618 e. The third-order valence-corrected chi connectivity index (χ3v) is 4.28. The van der Waals surface area contributed by atoms with Gasteiger partial charge in [0, 0.05) is 18.2 Å². The van der Waals surface area contributed by atoms with Crippen LogP contribution >= 0.6 is 11.8 Å². The van der Waals surface area contributed by atoms with E-state index in [1.807, 2.05) is 6.92 Å². The Morgan fingerprint density at radius 1 is 1.50 bits per heavy atom. The molecule has 1 aliphatic rings. The molecule has 0 unspecified atom stereocenters. The molecular weight excluding hydrogens is 248 g/mol. The van der Waals surface area contributed by atoms with Crippen LogP contribution in [0.4, 0.5) is 0 Å². The molecule has 0 bridgehead atoms. The zero-order valence-corrected chi connectivity index (χ0v) is 11.3. The van der Waals surface area contributed by atoms with Crippen molar-refractivity contribution >= 4 is 17.7 Å². The molecule has 1 heterocycles. The Morgan fingerprint density at radius 3 is 2.89 bits per heavy atom. The first-order valence-corrected chi connectivity index (χ1v) is 7.20. The maximum atomic E-state index is 12.0. The van der Waals surface area contributed by atoms with Crippen LogP contribution in [0.5, 0.6) is 0 Å².